The van der Waals surface area contributed by atoms with Crippen LogP contribution in [0.5, 0.6) is 10.9 Å². The fraction of sp³-hybridized carbons (Fsp3) is 0.308. The van der Waals surface area contributed by atoms with Crippen LogP contribution in [-0.2, 0) is 6.54 Å². The number of hydrogen-bond donors (Lipinski definition) is 1. The third kappa shape index (κ3) is 2.65. The molecule has 0 atom stereocenters. The summed E-state index contributed by atoms with van der Waals surface area (Å²) >= 11 is 1.57. The van der Waals surface area contributed by atoms with E-state index in [1.165, 1.54) is 4.88 Å². The lowest BCUT2D eigenvalue weighted by atomic mass is 10.1. The number of nitrogens with zero attached hydrogens (tertiary/aromatic N) is 1. The van der Waals surface area contributed by atoms with Gasteiger partial charge in [0.1, 0.15) is 5.75 Å². The van der Waals surface area contributed by atoms with Crippen molar-refractivity contribution in [1.82, 2.24) is 4.98 Å². The number of thiazole rings is 1. The summed E-state index contributed by atoms with van der Waals surface area (Å²) in [5, 5.41) is 0.692. The average molecular weight is 248 g/mol. The summed E-state index contributed by atoms with van der Waals surface area (Å²) < 4.78 is 5.81. The number of benzene rings is 1. The molecule has 1 heterocycles. The Hall–Kier alpha value is -1.39. The van der Waals surface area contributed by atoms with Gasteiger partial charge in [-0.2, -0.15) is 0 Å². The Morgan fingerprint density at radius 3 is 2.65 bits per heavy atom. The molecule has 2 N–H and O–H groups in total. The van der Waals surface area contributed by atoms with Gasteiger partial charge in [0.25, 0.3) is 5.19 Å². The van der Waals surface area contributed by atoms with Crippen molar-refractivity contribution in [2.45, 2.75) is 27.3 Å². The van der Waals surface area contributed by atoms with Crippen molar-refractivity contribution in [2.75, 3.05) is 0 Å². The second kappa shape index (κ2) is 4.85. The summed E-state index contributed by atoms with van der Waals surface area (Å²) in [4.78, 5) is 5.55. The van der Waals surface area contributed by atoms with E-state index in [4.69, 9.17) is 10.5 Å². The lowest BCUT2D eigenvalue weighted by Crippen LogP contribution is -1.97. The Bertz CT molecular complexity index is 515. The van der Waals surface area contributed by atoms with Gasteiger partial charge in [-0.05, 0) is 38.0 Å². The lowest BCUT2D eigenvalue weighted by molar-refractivity contribution is 0.473. The smallest absolute Gasteiger partial charge is 0.279 e. The molecule has 0 unspecified atom stereocenters. The Morgan fingerprint density at radius 2 is 2.06 bits per heavy atom. The van der Waals surface area contributed by atoms with E-state index in [-0.39, 0.29) is 0 Å². The second-order valence-corrected chi connectivity index (χ2v) is 5.19. The van der Waals surface area contributed by atoms with Gasteiger partial charge in [0.2, 0.25) is 0 Å². The third-order valence-electron chi connectivity index (χ3n) is 2.69. The Morgan fingerprint density at radius 1 is 1.29 bits per heavy atom. The van der Waals surface area contributed by atoms with Crippen molar-refractivity contribution in [2.24, 2.45) is 5.73 Å². The van der Waals surface area contributed by atoms with Crippen LogP contribution in [-0.4, -0.2) is 4.98 Å². The van der Waals surface area contributed by atoms with Crippen molar-refractivity contribution in [3.63, 3.8) is 0 Å². The molecular weight excluding hydrogens is 232 g/mol. The maximum absolute atomic E-state index is 5.81. The summed E-state index contributed by atoms with van der Waals surface area (Å²) in [6, 6.07) is 6.01. The minimum absolute atomic E-state index is 0.520. The summed E-state index contributed by atoms with van der Waals surface area (Å²) in [5.41, 5.74) is 8.80. The summed E-state index contributed by atoms with van der Waals surface area (Å²) in [6.07, 6.45) is 0. The Balaban J connectivity index is 2.28. The first kappa shape index (κ1) is 12.1. The Labute approximate surface area is 105 Å². The zero-order valence-corrected chi connectivity index (χ0v) is 11.1. The summed E-state index contributed by atoms with van der Waals surface area (Å²) in [7, 11) is 0. The zero-order valence-electron chi connectivity index (χ0n) is 10.3. The highest BCUT2D eigenvalue weighted by atomic mass is 32.1. The number of nitrogens with two attached hydrogens (primary N) is 1. The maximum Gasteiger partial charge on any atom is 0.279 e. The van der Waals surface area contributed by atoms with Gasteiger partial charge in [0.05, 0.1) is 5.69 Å². The maximum atomic E-state index is 5.81. The molecule has 0 fully saturated rings. The largest absolute Gasteiger partial charge is 0.431 e. The van der Waals surface area contributed by atoms with Gasteiger partial charge in [0.15, 0.2) is 0 Å². The fourth-order valence-corrected chi connectivity index (χ4v) is 2.23. The quantitative estimate of drug-likeness (QED) is 0.906. The number of aryl methyl sites for hydroxylation is 3. The molecule has 0 amide bonds. The first-order valence-corrected chi connectivity index (χ1v) is 6.33. The molecule has 0 aliphatic heterocycles. The van der Waals surface area contributed by atoms with Crippen LogP contribution in [0.1, 0.15) is 21.7 Å². The molecule has 3 nitrogen and oxygen atoms in total. The number of ether oxygens (including phenoxy) is 1. The van der Waals surface area contributed by atoms with E-state index >= 15 is 0 Å². The van der Waals surface area contributed by atoms with Gasteiger partial charge >= 0.3 is 0 Å². The van der Waals surface area contributed by atoms with Gasteiger partial charge in [-0.1, -0.05) is 23.5 Å². The zero-order chi connectivity index (χ0) is 12.4. The summed E-state index contributed by atoms with van der Waals surface area (Å²) in [5.74, 6) is 0.835. The summed E-state index contributed by atoms with van der Waals surface area (Å²) in [6.45, 7) is 6.57. The van der Waals surface area contributed by atoms with E-state index in [0.29, 0.717) is 11.7 Å². The first-order valence-electron chi connectivity index (χ1n) is 5.51. The van der Waals surface area contributed by atoms with E-state index in [0.717, 1.165) is 22.6 Å². The monoisotopic (exact) mass is 248 g/mol. The lowest BCUT2D eigenvalue weighted by Gasteiger charge is -2.07. The number of hydrogen-bond acceptors (Lipinski definition) is 4. The molecule has 1 aromatic carbocycles. The number of rotatable bonds is 3. The molecule has 0 bridgehead atoms. The molecule has 0 radical (unpaired) electrons. The number of aromatic nitrogens is 1. The molecule has 0 spiro atoms. The first-order chi connectivity index (χ1) is 8.10. The highest BCUT2D eigenvalue weighted by Crippen LogP contribution is 2.30. The van der Waals surface area contributed by atoms with Crippen molar-refractivity contribution < 1.29 is 4.74 Å². The van der Waals surface area contributed by atoms with Gasteiger partial charge in [-0.25, -0.2) is 4.98 Å². The molecular formula is C13H16N2OS. The third-order valence-corrected chi connectivity index (χ3v) is 3.65. The normalized spacial score (nSPS) is 10.6. The van der Waals surface area contributed by atoms with Crippen LogP contribution in [0.2, 0.25) is 0 Å². The van der Waals surface area contributed by atoms with Crippen molar-refractivity contribution in [1.29, 1.82) is 0 Å². The van der Waals surface area contributed by atoms with Crippen LogP contribution in [0.15, 0.2) is 18.2 Å². The van der Waals surface area contributed by atoms with Crippen LogP contribution in [0.25, 0.3) is 0 Å². The predicted molar refractivity (Wildman–Crippen MR) is 70.7 cm³/mol. The molecule has 2 aromatic rings. The molecule has 0 aliphatic rings. The van der Waals surface area contributed by atoms with Crippen molar-refractivity contribution in [3.8, 4) is 10.9 Å². The van der Waals surface area contributed by atoms with Crippen molar-refractivity contribution in [3.05, 3.63) is 39.9 Å². The molecule has 90 valence electrons. The fourth-order valence-electron chi connectivity index (χ4n) is 1.46. The molecule has 0 saturated carbocycles. The van der Waals surface area contributed by atoms with Crippen molar-refractivity contribution >= 4 is 11.3 Å². The van der Waals surface area contributed by atoms with E-state index in [9.17, 15) is 0 Å². The molecule has 0 saturated heterocycles. The average Bonchev–Trinajstić information content (AvgIpc) is 2.61. The highest BCUT2D eigenvalue weighted by Gasteiger charge is 2.08. The SMILES string of the molecule is Cc1ccc(CN)cc1Oc1nc(C)c(C)s1. The minimum atomic E-state index is 0.520. The molecule has 1 aromatic heterocycles. The minimum Gasteiger partial charge on any atom is -0.431 e. The van der Waals surface area contributed by atoms with Gasteiger partial charge in [0, 0.05) is 11.4 Å². The van der Waals surface area contributed by atoms with Crippen LogP contribution in [0.3, 0.4) is 0 Å². The van der Waals surface area contributed by atoms with E-state index in [2.05, 4.69) is 4.98 Å². The highest BCUT2D eigenvalue weighted by molar-refractivity contribution is 7.13. The standard InChI is InChI=1S/C13H16N2OS/c1-8-4-5-11(7-14)6-12(8)16-13-15-9(2)10(3)17-13/h4-6H,7,14H2,1-3H3. The van der Waals surface area contributed by atoms with Crippen LogP contribution >= 0.6 is 11.3 Å². The van der Waals surface area contributed by atoms with Gasteiger partial charge < -0.3 is 10.5 Å². The van der Waals surface area contributed by atoms with E-state index in [1.807, 2.05) is 39.0 Å². The van der Waals surface area contributed by atoms with Crippen LogP contribution in [0.4, 0.5) is 0 Å². The molecule has 2 rings (SSSR count). The molecule has 0 aliphatic carbocycles. The second-order valence-electron chi connectivity index (χ2n) is 4.03. The topological polar surface area (TPSA) is 48.1 Å². The van der Waals surface area contributed by atoms with E-state index < -0.39 is 0 Å². The Kier molecular flexibility index (Phi) is 3.45. The van der Waals surface area contributed by atoms with Crippen LogP contribution in [0, 0.1) is 20.8 Å². The van der Waals surface area contributed by atoms with Gasteiger partial charge in [-0.15, -0.1) is 0 Å². The molecule has 4 heteroatoms. The predicted octanol–water partition coefficient (Wildman–Crippen LogP) is 3.32. The van der Waals surface area contributed by atoms with E-state index in [1.54, 1.807) is 11.3 Å². The van der Waals surface area contributed by atoms with Gasteiger partial charge in [-0.3, -0.25) is 0 Å². The van der Waals surface area contributed by atoms with Crippen LogP contribution < -0.4 is 10.5 Å². The molecule has 17 heavy (non-hydrogen) atoms.